The Labute approximate surface area is 173 Å². The molecule has 0 aliphatic rings. The topological polar surface area (TPSA) is 34.2 Å². The Hall–Kier alpha value is -2.82. The average Bonchev–Trinajstić information content (AvgIpc) is 3.17. The van der Waals surface area contributed by atoms with Gasteiger partial charge >= 0.3 is 0 Å². The summed E-state index contributed by atoms with van der Waals surface area (Å²) >= 11 is 7.36. The zero-order chi connectivity index (χ0) is 19.2. The number of nitrogens with one attached hydrogen (secondary N) is 1. The van der Waals surface area contributed by atoms with Crippen LogP contribution in [0.3, 0.4) is 0 Å². The predicted octanol–water partition coefficient (Wildman–Crippen LogP) is 6.65. The van der Waals surface area contributed by atoms with Gasteiger partial charge in [-0.25, -0.2) is 4.98 Å². The van der Waals surface area contributed by atoms with Crippen LogP contribution in [0, 0.1) is 0 Å². The Morgan fingerprint density at radius 1 is 0.893 bits per heavy atom. The number of hydrogen-bond acceptors (Lipinski definition) is 4. The third-order valence-corrected chi connectivity index (χ3v) is 5.41. The maximum atomic E-state index is 5.94. The Kier molecular flexibility index (Phi) is 5.90. The van der Waals surface area contributed by atoms with Crippen LogP contribution in [0.15, 0.2) is 85.1 Å². The maximum Gasteiger partial charge on any atom is 0.183 e. The summed E-state index contributed by atoms with van der Waals surface area (Å²) < 4.78 is 6.51. The first-order valence-corrected chi connectivity index (χ1v) is 10.2. The van der Waals surface area contributed by atoms with Gasteiger partial charge in [0.15, 0.2) is 4.47 Å². The van der Waals surface area contributed by atoms with Gasteiger partial charge in [-0.05, 0) is 41.0 Å². The Bertz CT molecular complexity index is 1030. The van der Waals surface area contributed by atoms with Gasteiger partial charge in [-0.15, -0.1) is 11.3 Å². The molecule has 1 aromatic heterocycles. The fourth-order valence-electron chi connectivity index (χ4n) is 2.84. The number of halogens is 1. The van der Waals surface area contributed by atoms with Crippen LogP contribution in [0.5, 0.6) is 5.75 Å². The van der Waals surface area contributed by atoms with Gasteiger partial charge < -0.3 is 10.1 Å². The molecule has 3 nitrogen and oxygen atoms in total. The monoisotopic (exact) mass is 406 g/mol. The minimum atomic E-state index is 0.564. The summed E-state index contributed by atoms with van der Waals surface area (Å²) in [5, 5.41) is 3.39. The molecule has 28 heavy (non-hydrogen) atoms. The van der Waals surface area contributed by atoms with Gasteiger partial charge in [0.2, 0.25) is 0 Å². The average molecular weight is 407 g/mol. The highest BCUT2D eigenvalue weighted by atomic mass is 35.5. The number of nitrogens with zero attached hydrogens (tertiary/aromatic N) is 1. The largest absolute Gasteiger partial charge is 0.489 e. The van der Waals surface area contributed by atoms with Gasteiger partial charge in [-0.2, -0.15) is 0 Å². The predicted molar refractivity (Wildman–Crippen MR) is 117 cm³/mol. The molecule has 0 spiro atoms. The van der Waals surface area contributed by atoms with E-state index in [2.05, 4.69) is 58.8 Å². The minimum absolute atomic E-state index is 0.564. The summed E-state index contributed by atoms with van der Waals surface area (Å²) in [7, 11) is 0. The van der Waals surface area contributed by atoms with Crippen LogP contribution in [-0.4, -0.2) is 4.98 Å². The summed E-state index contributed by atoms with van der Waals surface area (Å²) in [6, 6.07) is 26.7. The van der Waals surface area contributed by atoms with Crippen molar-refractivity contribution in [2.75, 3.05) is 5.32 Å². The lowest BCUT2D eigenvalue weighted by atomic mass is 10.1. The fourth-order valence-corrected chi connectivity index (χ4v) is 3.76. The van der Waals surface area contributed by atoms with E-state index in [4.69, 9.17) is 16.3 Å². The first-order valence-electron chi connectivity index (χ1n) is 8.97. The van der Waals surface area contributed by atoms with E-state index in [0.717, 1.165) is 33.0 Å². The van der Waals surface area contributed by atoms with Crippen LogP contribution in [0.2, 0.25) is 4.47 Å². The van der Waals surface area contributed by atoms with Crippen LogP contribution in [-0.2, 0) is 13.2 Å². The van der Waals surface area contributed by atoms with E-state index in [1.165, 1.54) is 11.3 Å². The molecule has 0 bridgehead atoms. The summed E-state index contributed by atoms with van der Waals surface area (Å²) in [6.07, 6.45) is 1.80. The van der Waals surface area contributed by atoms with E-state index in [1.807, 2.05) is 30.3 Å². The van der Waals surface area contributed by atoms with Gasteiger partial charge in [-0.1, -0.05) is 66.2 Å². The highest BCUT2D eigenvalue weighted by Gasteiger charge is 2.03. The van der Waals surface area contributed by atoms with Gasteiger partial charge in [0, 0.05) is 16.8 Å². The van der Waals surface area contributed by atoms with Crippen molar-refractivity contribution in [2.24, 2.45) is 0 Å². The van der Waals surface area contributed by atoms with Gasteiger partial charge in [0.25, 0.3) is 0 Å². The van der Waals surface area contributed by atoms with Crippen LogP contribution in [0.25, 0.3) is 11.1 Å². The van der Waals surface area contributed by atoms with Crippen molar-refractivity contribution in [3.63, 3.8) is 0 Å². The first kappa shape index (κ1) is 18.5. The van der Waals surface area contributed by atoms with E-state index in [-0.39, 0.29) is 0 Å². The molecule has 0 unspecified atom stereocenters. The summed E-state index contributed by atoms with van der Waals surface area (Å²) in [5.41, 5.74) is 4.50. The van der Waals surface area contributed by atoms with Crippen LogP contribution in [0.1, 0.15) is 10.4 Å². The third kappa shape index (κ3) is 4.91. The Balaban J connectivity index is 1.39. The van der Waals surface area contributed by atoms with E-state index in [1.54, 1.807) is 6.20 Å². The molecular weight excluding hydrogens is 388 g/mol. The standard InChI is InChI=1S/C23H19ClN2OS/c24-23-26-15-22(28-23)14-25-20-11-9-18(10-12-20)19-7-4-8-21(13-19)27-16-17-5-2-1-3-6-17/h1-13,15,25H,14,16H2. The van der Waals surface area contributed by atoms with Crippen molar-refractivity contribution in [1.29, 1.82) is 0 Å². The maximum absolute atomic E-state index is 5.94. The van der Waals surface area contributed by atoms with Gasteiger partial charge in [-0.3, -0.25) is 0 Å². The summed E-state index contributed by atoms with van der Waals surface area (Å²) in [5.74, 6) is 0.866. The molecule has 140 valence electrons. The molecule has 4 aromatic rings. The minimum Gasteiger partial charge on any atom is -0.489 e. The second-order valence-corrected chi connectivity index (χ2v) is 8.01. The van der Waals surface area contributed by atoms with E-state index < -0.39 is 0 Å². The van der Waals surface area contributed by atoms with Crippen LogP contribution in [0.4, 0.5) is 5.69 Å². The zero-order valence-corrected chi connectivity index (χ0v) is 16.7. The lowest BCUT2D eigenvalue weighted by Crippen LogP contribution is -1.97. The lowest BCUT2D eigenvalue weighted by Gasteiger charge is -2.10. The normalized spacial score (nSPS) is 10.6. The molecule has 0 aliphatic carbocycles. The molecule has 0 saturated carbocycles. The van der Waals surface area contributed by atoms with Crippen molar-refractivity contribution in [3.8, 4) is 16.9 Å². The lowest BCUT2D eigenvalue weighted by molar-refractivity contribution is 0.306. The number of rotatable bonds is 7. The molecule has 3 aromatic carbocycles. The molecule has 1 heterocycles. The number of anilines is 1. The number of aromatic nitrogens is 1. The zero-order valence-electron chi connectivity index (χ0n) is 15.1. The first-order chi connectivity index (χ1) is 13.8. The van der Waals surface area contributed by atoms with Crippen molar-refractivity contribution in [1.82, 2.24) is 4.98 Å². The van der Waals surface area contributed by atoms with Gasteiger partial charge in [0.1, 0.15) is 12.4 Å². The summed E-state index contributed by atoms with van der Waals surface area (Å²) in [6.45, 7) is 1.28. The molecule has 1 N–H and O–H groups in total. The number of hydrogen-bond donors (Lipinski definition) is 1. The van der Waals surface area contributed by atoms with Gasteiger partial charge in [0.05, 0.1) is 6.54 Å². The Morgan fingerprint density at radius 3 is 2.46 bits per heavy atom. The highest BCUT2D eigenvalue weighted by Crippen LogP contribution is 2.26. The van der Waals surface area contributed by atoms with E-state index in [9.17, 15) is 0 Å². The van der Waals surface area contributed by atoms with Crippen molar-refractivity contribution < 1.29 is 4.74 Å². The molecule has 0 amide bonds. The van der Waals surface area contributed by atoms with Crippen LogP contribution >= 0.6 is 22.9 Å². The highest BCUT2D eigenvalue weighted by molar-refractivity contribution is 7.15. The third-order valence-electron chi connectivity index (χ3n) is 4.29. The summed E-state index contributed by atoms with van der Waals surface area (Å²) in [4.78, 5) is 5.17. The van der Waals surface area contributed by atoms with Crippen molar-refractivity contribution in [3.05, 3.63) is 100.0 Å². The Morgan fingerprint density at radius 2 is 1.71 bits per heavy atom. The molecule has 0 fully saturated rings. The molecule has 0 radical (unpaired) electrons. The van der Waals surface area contributed by atoms with Crippen molar-refractivity contribution in [2.45, 2.75) is 13.2 Å². The molecule has 4 rings (SSSR count). The number of benzene rings is 3. The molecule has 0 saturated heterocycles. The van der Waals surface area contributed by atoms with Crippen LogP contribution < -0.4 is 10.1 Å². The molecule has 0 atom stereocenters. The smallest absolute Gasteiger partial charge is 0.183 e. The quantitative estimate of drug-likeness (QED) is 0.373. The van der Waals surface area contributed by atoms with E-state index >= 15 is 0 Å². The second kappa shape index (κ2) is 8.91. The SMILES string of the molecule is Clc1ncc(CNc2ccc(-c3cccc(OCc4ccccc4)c3)cc2)s1. The number of thiazole rings is 1. The van der Waals surface area contributed by atoms with E-state index in [0.29, 0.717) is 17.6 Å². The second-order valence-electron chi connectivity index (χ2n) is 6.31. The molecule has 0 aliphatic heterocycles. The number of ether oxygens (including phenoxy) is 1. The fraction of sp³-hybridized carbons (Fsp3) is 0.0870. The molecular formula is C23H19ClN2OS. The van der Waals surface area contributed by atoms with Crippen molar-refractivity contribution >= 4 is 28.6 Å². The molecule has 5 heteroatoms.